The van der Waals surface area contributed by atoms with E-state index in [0.29, 0.717) is 6.61 Å². The Kier molecular flexibility index (Phi) is 4.46. The van der Waals surface area contributed by atoms with Crippen LogP contribution in [-0.4, -0.2) is 27.3 Å². The lowest BCUT2D eigenvalue weighted by atomic mass is 9.90. The average molecular weight is 307 g/mol. The molecule has 0 saturated carbocycles. The largest absolute Gasteiger partial charge is 0.465 e. The predicted molar refractivity (Wildman–Crippen MR) is 83.4 cm³/mol. The monoisotopic (exact) mass is 307 g/mol. The lowest BCUT2D eigenvalue weighted by molar-refractivity contribution is -0.148. The van der Waals surface area contributed by atoms with Crippen LogP contribution in [0.25, 0.3) is 10.6 Å². The Morgan fingerprint density at radius 1 is 1.43 bits per heavy atom. The number of thiazole rings is 1. The normalized spacial score (nSPS) is 11.7. The van der Waals surface area contributed by atoms with Crippen molar-refractivity contribution in [3.8, 4) is 10.6 Å². The molecule has 2 aromatic heterocycles. The van der Waals surface area contributed by atoms with Crippen LogP contribution in [-0.2, 0) is 28.4 Å². The Hall–Kier alpha value is -1.69. The highest BCUT2D eigenvalue weighted by atomic mass is 32.1. The van der Waals surface area contributed by atoms with Crippen LogP contribution >= 0.6 is 11.3 Å². The van der Waals surface area contributed by atoms with Crippen LogP contribution in [0.3, 0.4) is 0 Å². The SMILES string of the molecule is CCOC(=O)C(C)(C)c1csc(-c2cn(C)nc2CC)n1. The van der Waals surface area contributed by atoms with Crippen molar-refractivity contribution in [2.75, 3.05) is 6.61 Å². The molecule has 0 spiro atoms. The molecule has 114 valence electrons. The maximum atomic E-state index is 12.1. The lowest BCUT2D eigenvalue weighted by Crippen LogP contribution is -2.31. The summed E-state index contributed by atoms with van der Waals surface area (Å²) in [6, 6.07) is 0. The standard InChI is InChI=1S/C15H21N3O2S/c1-6-11-10(8-18(5)17-11)13-16-12(9-21-13)15(3,4)14(19)20-7-2/h8-9H,6-7H2,1-5H3. The van der Waals surface area contributed by atoms with Gasteiger partial charge in [0.15, 0.2) is 0 Å². The summed E-state index contributed by atoms with van der Waals surface area (Å²) in [5.41, 5.74) is 2.06. The van der Waals surface area contributed by atoms with Crippen LogP contribution in [0, 0.1) is 0 Å². The molecule has 0 bridgehead atoms. The summed E-state index contributed by atoms with van der Waals surface area (Å²) in [6.07, 6.45) is 2.82. The summed E-state index contributed by atoms with van der Waals surface area (Å²) in [5.74, 6) is -0.247. The molecule has 2 heterocycles. The maximum Gasteiger partial charge on any atom is 0.317 e. The molecule has 5 nitrogen and oxygen atoms in total. The number of hydrogen-bond donors (Lipinski definition) is 0. The van der Waals surface area contributed by atoms with E-state index >= 15 is 0 Å². The number of ether oxygens (including phenoxy) is 1. The third-order valence-electron chi connectivity index (χ3n) is 3.40. The Morgan fingerprint density at radius 3 is 2.76 bits per heavy atom. The van der Waals surface area contributed by atoms with Crippen molar-refractivity contribution in [1.82, 2.24) is 14.8 Å². The number of rotatable bonds is 5. The Morgan fingerprint density at radius 2 is 2.14 bits per heavy atom. The van der Waals surface area contributed by atoms with Crippen LogP contribution in [0.1, 0.15) is 39.1 Å². The fraction of sp³-hybridized carbons (Fsp3) is 0.533. The summed E-state index contributed by atoms with van der Waals surface area (Å²) in [5, 5.41) is 7.26. The molecule has 0 fully saturated rings. The van der Waals surface area contributed by atoms with E-state index < -0.39 is 5.41 Å². The maximum absolute atomic E-state index is 12.1. The smallest absolute Gasteiger partial charge is 0.317 e. The molecule has 0 aliphatic rings. The van der Waals surface area contributed by atoms with Gasteiger partial charge in [-0.05, 0) is 27.2 Å². The fourth-order valence-corrected chi connectivity index (χ4v) is 3.09. The molecule has 0 atom stereocenters. The summed E-state index contributed by atoms with van der Waals surface area (Å²) in [4.78, 5) is 16.7. The van der Waals surface area contributed by atoms with Gasteiger partial charge in [-0.15, -0.1) is 11.3 Å². The second kappa shape index (κ2) is 5.97. The van der Waals surface area contributed by atoms with Gasteiger partial charge >= 0.3 is 5.97 Å². The first kappa shape index (κ1) is 15.7. The van der Waals surface area contributed by atoms with E-state index in [-0.39, 0.29) is 5.97 Å². The Labute approximate surface area is 129 Å². The molecule has 2 aromatic rings. The zero-order valence-electron chi connectivity index (χ0n) is 13.1. The molecule has 0 aromatic carbocycles. The summed E-state index contributed by atoms with van der Waals surface area (Å²) < 4.78 is 6.93. The van der Waals surface area contributed by atoms with Crippen LogP contribution in [0.4, 0.5) is 0 Å². The Bertz CT molecular complexity index is 643. The van der Waals surface area contributed by atoms with Gasteiger partial charge < -0.3 is 4.74 Å². The van der Waals surface area contributed by atoms with Crippen LogP contribution in [0.15, 0.2) is 11.6 Å². The van der Waals surface area contributed by atoms with Crippen LogP contribution < -0.4 is 0 Å². The number of hydrogen-bond acceptors (Lipinski definition) is 5. The van der Waals surface area contributed by atoms with Crippen molar-refractivity contribution < 1.29 is 9.53 Å². The molecule has 0 radical (unpaired) electrons. The minimum atomic E-state index is -0.737. The van der Waals surface area contributed by atoms with Crippen molar-refractivity contribution in [2.45, 2.75) is 39.5 Å². The van der Waals surface area contributed by atoms with Gasteiger partial charge in [0.2, 0.25) is 0 Å². The van der Waals surface area contributed by atoms with Crippen molar-refractivity contribution in [2.24, 2.45) is 7.05 Å². The van der Waals surface area contributed by atoms with Gasteiger partial charge in [-0.2, -0.15) is 5.10 Å². The zero-order valence-corrected chi connectivity index (χ0v) is 14.0. The minimum Gasteiger partial charge on any atom is -0.465 e. The van der Waals surface area contributed by atoms with E-state index in [0.717, 1.165) is 28.4 Å². The molecular weight excluding hydrogens is 286 g/mol. The predicted octanol–water partition coefficient (Wildman–Crippen LogP) is 2.95. The molecule has 2 rings (SSSR count). The van der Waals surface area contributed by atoms with Crippen LogP contribution in [0.2, 0.25) is 0 Å². The van der Waals surface area contributed by atoms with Crippen LogP contribution in [0.5, 0.6) is 0 Å². The summed E-state index contributed by atoms with van der Waals surface area (Å²) >= 11 is 1.54. The first-order chi connectivity index (χ1) is 9.90. The van der Waals surface area contributed by atoms with Crippen molar-refractivity contribution in [3.05, 3.63) is 23.0 Å². The summed E-state index contributed by atoms with van der Waals surface area (Å²) in [7, 11) is 1.90. The molecule has 0 saturated heterocycles. The highest BCUT2D eigenvalue weighted by Crippen LogP contribution is 2.32. The van der Waals surface area contributed by atoms with E-state index in [2.05, 4.69) is 17.0 Å². The van der Waals surface area contributed by atoms with Gasteiger partial charge in [-0.25, -0.2) is 4.98 Å². The number of esters is 1. The number of carbonyl (C=O) groups is 1. The van der Waals surface area contributed by atoms with Gasteiger partial charge in [0.05, 0.1) is 23.6 Å². The molecular formula is C15H21N3O2S. The lowest BCUT2D eigenvalue weighted by Gasteiger charge is -2.19. The Balaban J connectivity index is 2.35. The molecule has 0 N–H and O–H groups in total. The third kappa shape index (κ3) is 3.00. The zero-order chi connectivity index (χ0) is 15.6. The first-order valence-electron chi connectivity index (χ1n) is 7.06. The number of aryl methyl sites for hydroxylation is 2. The van der Waals surface area contributed by atoms with E-state index in [4.69, 9.17) is 4.74 Å². The van der Waals surface area contributed by atoms with Gasteiger partial charge in [0, 0.05) is 18.6 Å². The molecule has 21 heavy (non-hydrogen) atoms. The number of aromatic nitrogens is 3. The van der Waals surface area contributed by atoms with Crippen molar-refractivity contribution >= 4 is 17.3 Å². The van der Waals surface area contributed by atoms with E-state index in [1.165, 1.54) is 11.3 Å². The number of carbonyl (C=O) groups excluding carboxylic acids is 1. The van der Waals surface area contributed by atoms with Crippen molar-refractivity contribution in [1.29, 1.82) is 0 Å². The van der Waals surface area contributed by atoms with E-state index in [9.17, 15) is 4.79 Å². The second-order valence-corrected chi connectivity index (χ2v) is 6.26. The first-order valence-corrected chi connectivity index (χ1v) is 7.94. The van der Waals surface area contributed by atoms with Gasteiger partial charge in [-0.1, -0.05) is 6.92 Å². The quantitative estimate of drug-likeness (QED) is 0.797. The molecule has 0 aliphatic heterocycles. The van der Waals surface area contributed by atoms with E-state index in [1.807, 2.05) is 39.4 Å². The van der Waals surface area contributed by atoms with Gasteiger partial charge in [0.1, 0.15) is 10.4 Å². The fourth-order valence-electron chi connectivity index (χ4n) is 2.07. The highest BCUT2D eigenvalue weighted by molar-refractivity contribution is 7.13. The topological polar surface area (TPSA) is 57.0 Å². The number of nitrogens with zero attached hydrogens (tertiary/aromatic N) is 3. The van der Waals surface area contributed by atoms with E-state index in [1.54, 1.807) is 4.68 Å². The van der Waals surface area contributed by atoms with Crippen molar-refractivity contribution in [3.63, 3.8) is 0 Å². The van der Waals surface area contributed by atoms with Gasteiger partial charge in [-0.3, -0.25) is 9.48 Å². The highest BCUT2D eigenvalue weighted by Gasteiger charge is 2.34. The molecule has 6 heteroatoms. The molecule has 0 unspecified atom stereocenters. The summed E-state index contributed by atoms with van der Waals surface area (Å²) in [6.45, 7) is 7.94. The molecule has 0 amide bonds. The third-order valence-corrected chi connectivity index (χ3v) is 4.28. The average Bonchev–Trinajstić information content (AvgIpc) is 3.05. The minimum absolute atomic E-state index is 0.247. The molecule has 0 aliphatic carbocycles. The second-order valence-electron chi connectivity index (χ2n) is 5.40. The van der Waals surface area contributed by atoms with Gasteiger partial charge in [0.25, 0.3) is 0 Å².